The van der Waals surface area contributed by atoms with Crippen LogP contribution in [0.5, 0.6) is 0 Å². The summed E-state index contributed by atoms with van der Waals surface area (Å²) in [7, 11) is 0. The summed E-state index contributed by atoms with van der Waals surface area (Å²) in [6, 6.07) is 25.1. The van der Waals surface area contributed by atoms with Gasteiger partial charge in [0.1, 0.15) is 5.69 Å². The number of hydrogen-bond acceptors (Lipinski definition) is 3. The molecule has 0 aliphatic heterocycles. The number of aliphatic hydroxyl groups excluding tert-OH is 1. The summed E-state index contributed by atoms with van der Waals surface area (Å²) >= 11 is 6.01. The predicted molar refractivity (Wildman–Crippen MR) is 132 cm³/mol. The smallest absolute Gasteiger partial charge is 0.352 e. The van der Waals surface area contributed by atoms with E-state index in [-0.39, 0.29) is 11.7 Å². The molecule has 3 aromatic carbocycles. The van der Waals surface area contributed by atoms with E-state index in [0.717, 1.165) is 34.0 Å². The SMILES string of the molecule is CC(Cc1ccc2c(c1)cc(C(=O)O)n2Cc1ccccc1)NCC(O)c1cccc(Cl)c1. The van der Waals surface area contributed by atoms with Crippen molar-refractivity contribution in [2.75, 3.05) is 6.54 Å². The van der Waals surface area contributed by atoms with Gasteiger partial charge in [0, 0.05) is 35.1 Å². The molecular weight excluding hydrogens is 436 g/mol. The van der Waals surface area contributed by atoms with Gasteiger partial charge in [-0.05, 0) is 60.4 Å². The first-order valence-corrected chi connectivity index (χ1v) is 11.3. The zero-order valence-corrected chi connectivity index (χ0v) is 19.2. The number of carbonyl (C=O) groups is 1. The fourth-order valence-corrected chi connectivity index (χ4v) is 4.33. The highest BCUT2D eigenvalue weighted by Crippen LogP contribution is 2.24. The summed E-state index contributed by atoms with van der Waals surface area (Å²) in [5.74, 6) is -0.936. The molecule has 0 fully saturated rings. The molecule has 3 N–H and O–H groups in total. The molecule has 4 rings (SSSR count). The van der Waals surface area contributed by atoms with Gasteiger partial charge in [-0.1, -0.05) is 60.1 Å². The Morgan fingerprint density at radius 2 is 1.79 bits per heavy atom. The molecular formula is C27H27ClN2O3. The number of hydrogen-bond donors (Lipinski definition) is 3. The summed E-state index contributed by atoms with van der Waals surface area (Å²) < 4.78 is 1.85. The maximum absolute atomic E-state index is 11.9. The first-order valence-electron chi connectivity index (χ1n) is 11.0. The van der Waals surface area contributed by atoms with Gasteiger partial charge in [-0.2, -0.15) is 0 Å². The zero-order chi connectivity index (χ0) is 23.4. The maximum Gasteiger partial charge on any atom is 0.352 e. The number of carboxylic acid groups (broad SMARTS) is 1. The molecule has 0 spiro atoms. The number of benzene rings is 3. The standard InChI is InChI=1S/C27H27ClN2O3/c1-18(29-16-26(31)21-8-5-9-23(28)14-21)12-20-10-11-24-22(13-20)15-25(27(32)33)30(24)17-19-6-3-2-4-7-19/h2-11,13-15,18,26,29,31H,12,16-17H2,1H3,(H,32,33). The van der Waals surface area contributed by atoms with Gasteiger partial charge < -0.3 is 20.1 Å². The van der Waals surface area contributed by atoms with E-state index < -0.39 is 12.1 Å². The molecule has 4 aromatic rings. The Morgan fingerprint density at radius 1 is 1.00 bits per heavy atom. The Morgan fingerprint density at radius 3 is 2.52 bits per heavy atom. The van der Waals surface area contributed by atoms with Gasteiger partial charge in [-0.25, -0.2) is 4.79 Å². The molecule has 6 heteroatoms. The van der Waals surface area contributed by atoms with Gasteiger partial charge in [-0.15, -0.1) is 0 Å². The van der Waals surface area contributed by atoms with Crippen LogP contribution in [0.15, 0.2) is 78.9 Å². The summed E-state index contributed by atoms with van der Waals surface area (Å²) in [5.41, 5.74) is 4.12. The third-order valence-corrected chi connectivity index (χ3v) is 6.04. The average Bonchev–Trinajstić information content (AvgIpc) is 3.16. The quantitative estimate of drug-likeness (QED) is 0.315. The summed E-state index contributed by atoms with van der Waals surface area (Å²) in [6.07, 6.45) is 0.114. The first-order chi connectivity index (χ1) is 15.9. The summed E-state index contributed by atoms with van der Waals surface area (Å²) in [6.45, 7) is 2.99. The van der Waals surface area contributed by atoms with Crippen molar-refractivity contribution in [2.24, 2.45) is 0 Å². The highest BCUT2D eigenvalue weighted by molar-refractivity contribution is 6.30. The van der Waals surface area contributed by atoms with Crippen LogP contribution in [-0.2, 0) is 13.0 Å². The number of aliphatic hydroxyl groups is 1. The minimum Gasteiger partial charge on any atom is -0.477 e. The Hall–Kier alpha value is -3.12. The molecule has 170 valence electrons. The Bertz CT molecular complexity index is 1250. The lowest BCUT2D eigenvalue weighted by Crippen LogP contribution is -2.32. The van der Waals surface area contributed by atoms with Crippen molar-refractivity contribution in [1.82, 2.24) is 9.88 Å². The zero-order valence-electron chi connectivity index (χ0n) is 18.4. The van der Waals surface area contributed by atoms with Crippen LogP contribution in [-0.4, -0.2) is 33.3 Å². The molecule has 1 aromatic heterocycles. The molecule has 33 heavy (non-hydrogen) atoms. The van der Waals surface area contributed by atoms with Crippen LogP contribution in [0.2, 0.25) is 5.02 Å². The number of halogens is 1. The number of rotatable bonds is 9. The number of aromatic carboxylic acids is 1. The topological polar surface area (TPSA) is 74.5 Å². The van der Waals surface area contributed by atoms with Crippen molar-refractivity contribution in [2.45, 2.75) is 32.0 Å². The molecule has 0 aliphatic carbocycles. The predicted octanol–water partition coefficient (Wildman–Crippen LogP) is 5.30. The van der Waals surface area contributed by atoms with Crippen molar-refractivity contribution >= 4 is 28.5 Å². The second-order valence-electron chi connectivity index (χ2n) is 8.38. The molecule has 0 saturated carbocycles. The van der Waals surface area contributed by atoms with E-state index in [0.29, 0.717) is 18.1 Å². The third-order valence-electron chi connectivity index (χ3n) is 5.80. The largest absolute Gasteiger partial charge is 0.477 e. The Balaban J connectivity index is 1.47. The minimum absolute atomic E-state index is 0.127. The maximum atomic E-state index is 11.9. The normalized spacial score (nSPS) is 13.2. The highest BCUT2D eigenvalue weighted by atomic mass is 35.5. The summed E-state index contributed by atoms with van der Waals surface area (Å²) in [4.78, 5) is 11.9. The summed E-state index contributed by atoms with van der Waals surface area (Å²) in [5, 5.41) is 25.0. The van der Waals surface area contributed by atoms with Gasteiger partial charge in [-0.3, -0.25) is 0 Å². The fourth-order valence-electron chi connectivity index (χ4n) is 4.13. The van der Waals surface area contributed by atoms with Crippen LogP contribution in [0.4, 0.5) is 0 Å². The molecule has 0 saturated heterocycles. The minimum atomic E-state index is -0.936. The Labute approximate surface area is 198 Å². The van der Waals surface area contributed by atoms with E-state index in [2.05, 4.69) is 18.3 Å². The second kappa shape index (κ2) is 10.2. The van der Waals surface area contributed by atoms with Crippen molar-refractivity contribution in [1.29, 1.82) is 0 Å². The van der Waals surface area contributed by atoms with Crippen LogP contribution >= 0.6 is 11.6 Å². The van der Waals surface area contributed by atoms with Crippen LogP contribution in [0.1, 0.15) is 40.2 Å². The number of carboxylic acids is 1. The van der Waals surface area contributed by atoms with E-state index in [1.54, 1.807) is 18.2 Å². The number of nitrogens with one attached hydrogen (secondary N) is 1. The molecule has 0 radical (unpaired) electrons. The van der Waals surface area contributed by atoms with Crippen LogP contribution in [0.3, 0.4) is 0 Å². The van der Waals surface area contributed by atoms with Crippen molar-refractivity contribution in [3.05, 3.63) is 106 Å². The van der Waals surface area contributed by atoms with Crippen LogP contribution in [0, 0.1) is 0 Å². The van der Waals surface area contributed by atoms with Gasteiger partial charge >= 0.3 is 5.97 Å². The number of nitrogens with zero attached hydrogens (tertiary/aromatic N) is 1. The van der Waals surface area contributed by atoms with Crippen LogP contribution < -0.4 is 5.32 Å². The van der Waals surface area contributed by atoms with Gasteiger partial charge in [0.2, 0.25) is 0 Å². The van der Waals surface area contributed by atoms with Gasteiger partial charge in [0.15, 0.2) is 0 Å². The lowest BCUT2D eigenvalue weighted by Gasteiger charge is -2.18. The van der Waals surface area contributed by atoms with Gasteiger partial charge in [0.05, 0.1) is 6.10 Å². The third kappa shape index (κ3) is 5.63. The average molecular weight is 463 g/mol. The first kappa shape index (κ1) is 23.1. The number of aromatic nitrogens is 1. The van der Waals surface area contributed by atoms with Crippen LogP contribution in [0.25, 0.3) is 10.9 Å². The second-order valence-corrected chi connectivity index (χ2v) is 8.82. The molecule has 0 amide bonds. The van der Waals surface area contributed by atoms with E-state index in [9.17, 15) is 15.0 Å². The Kier molecular flexibility index (Phi) is 7.14. The lowest BCUT2D eigenvalue weighted by molar-refractivity contribution is 0.0686. The molecule has 1 heterocycles. The number of fused-ring (bicyclic) bond motifs is 1. The molecule has 0 aliphatic rings. The van der Waals surface area contributed by atoms with E-state index >= 15 is 0 Å². The fraction of sp³-hybridized carbons (Fsp3) is 0.222. The van der Waals surface area contributed by atoms with E-state index in [1.165, 1.54) is 0 Å². The van der Waals surface area contributed by atoms with Crippen molar-refractivity contribution < 1.29 is 15.0 Å². The molecule has 2 atom stereocenters. The van der Waals surface area contributed by atoms with E-state index in [4.69, 9.17) is 11.6 Å². The molecule has 0 bridgehead atoms. The van der Waals surface area contributed by atoms with Gasteiger partial charge in [0.25, 0.3) is 0 Å². The van der Waals surface area contributed by atoms with Crippen molar-refractivity contribution in [3.8, 4) is 0 Å². The monoisotopic (exact) mass is 462 g/mol. The highest BCUT2D eigenvalue weighted by Gasteiger charge is 2.16. The molecule has 2 unspecified atom stereocenters. The van der Waals surface area contributed by atoms with Crippen molar-refractivity contribution in [3.63, 3.8) is 0 Å². The lowest BCUT2D eigenvalue weighted by atomic mass is 10.0. The molecule has 5 nitrogen and oxygen atoms in total. The van der Waals surface area contributed by atoms with E-state index in [1.807, 2.05) is 59.2 Å².